The molecule has 0 bridgehead atoms. The Kier molecular flexibility index (Phi) is 7.34. The quantitative estimate of drug-likeness (QED) is 0.518. The fourth-order valence-corrected chi connectivity index (χ4v) is 5.13. The highest BCUT2D eigenvalue weighted by Crippen LogP contribution is 2.29. The van der Waals surface area contributed by atoms with Gasteiger partial charge in [0.25, 0.3) is 0 Å². The number of rotatable bonds is 10. The topological polar surface area (TPSA) is 78.6 Å². The number of carbonyl (C=O) groups excluding carboxylic acids is 2. The number of aromatic nitrogens is 1. The second-order valence-corrected chi connectivity index (χ2v) is 9.13. The highest BCUT2D eigenvalue weighted by atomic mass is 16.5. The number of esters is 1. The van der Waals surface area contributed by atoms with Gasteiger partial charge >= 0.3 is 5.97 Å². The molecule has 0 spiro atoms. The summed E-state index contributed by atoms with van der Waals surface area (Å²) < 4.78 is 7.38. The van der Waals surface area contributed by atoms with Crippen LogP contribution in [0.4, 0.5) is 0 Å². The van der Waals surface area contributed by atoms with E-state index in [0.29, 0.717) is 24.8 Å². The van der Waals surface area contributed by atoms with Crippen molar-refractivity contribution in [3.05, 3.63) is 35.5 Å². The number of carbonyl (C=O) groups is 2. The molecule has 7 nitrogen and oxygen atoms in total. The standard InChI is InChI=1S/C26H34N4O3/c1-3-29-23(15-20-8-7-19(16-27)14-24(20)29)12-11-22-6-5-13-30(22)25(31)17-28(21-9-10-21)18-26(32)33-4-2/h7-8,14-15,21-22H,3-6,9-13,17-18H2,1-2H3/t22-/m0/s1. The Bertz CT molecular complexity index is 1050. The lowest BCUT2D eigenvalue weighted by Gasteiger charge is -2.28. The fraction of sp³-hybridized carbons (Fsp3) is 0.577. The summed E-state index contributed by atoms with van der Waals surface area (Å²) in [7, 11) is 0. The first-order valence-electron chi connectivity index (χ1n) is 12.3. The van der Waals surface area contributed by atoms with E-state index in [4.69, 9.17) is 4.74 Å². The molecule has 4 rings (SSSR count). The Hall–Kier alpha value is -2.85. The Morgan fingerprint density at radius 2 is 2.00 bits per heavy atom. The number of fused-ring (bicyclic) bond motifs is 1. The second kappa shape index (κ2) is 10.4. The van der Waals surface area contributed by atoms with Gasteiger partial charge in [-0.2, -0.15) is 5.26 Å². The van der Waals surface area contributed by atoms with Crippen molar-refractivity contribution in [3.63, 3.8) is 0 Å². The minimum absolute atomic E-state index is 0.128. The van der Waals surface area contributed by atoms with Crippen LogP contribution in [-0.2, 0) is 27.3 Å². The number of nitrogens with zero attached hydrogens (tertiary/aromatic N) is 4. The molecule has 1 aromatic carbocycles. The number of likely N-dealkylation sites (tertiary alicyclic amines) is 1. The molecule has 176 valence electrons. The molecule has 33 heavy (non-hydrogen) atoms. The fourth-order valence-electron chi connectivity index (χ4n) is 5.13. The summed E-state index contributed by atoms with van der Waals surface area (Å²) in [6.45, 7) is 6.44. The monoisotopic (exact) mass is 450 g/mol. The van der Waals surface area contributed by atoms with Gasteiger partial charge in [0.1, 0.15) is 0 Å². The first kappa shape index (κ1) is 23.3. The van der Waals surface area contributed by atoms with E-state index in [-0.39, 0.29) is 24.5 Å². The predicted octanol–water partition coefficient (Wildman–Crippen LogP) is 3.48. The summed E-state index contributed by atoms with van der Waals surface area (Å²) in [5, 5.41) is 10.4. The maximum Gasteiger partial charge on any atom is 0.320 e. The van der Waals surface area contributed by atoms with Crippen LogP contribution in [0.3, 0.4) is 0 Å². The van der Waals surface area contributed by atoms with Crippen molar-refractivity contribution in [1.29, 1.82) is 5.26 Å². The average molecular weight is 451 g/mol. The van der Waals surface area contributed by atoms with E-state index in [1.165, 1.54) is 5.69 Å². The zero-order chi connectivity index (χ0) is 23.4. The molecule has 0 radical (unpaired) electrons. The van der Waals surface area contributed by atoms with Crippen LogP contribution < -0.4 is 0 Å². The molecule has 1 aliphatic carbocycles. The highest BCUT2D eigenvalue weighted by Gasteiger charge is 2.35. The number of hydrogen-bond donors (Lipinski definition) is 0. The molecule has 2 heterocycles. The molecule has 1 saturated carbocycles. The Labute approximate surface area is 195 Å². The van der Waals surface area contributed by atoms with Crippen LogP contribution in [0.25, 0.3) is 10.9 Å². The maximum absolute atomic E-state index is 13.2. The van der Waals surface area contributed by atoms with Gasteiger partial charge in [-0.1, -0.05) is 6.07 Å². The van der Waals surface area contributed by atoms with Crippen molar-refractivity contribution in [2.45, 2.75) is 71.0 Å². The van der Waals surface area contributed by atoms with Crippen LogP contribution in [0.2, 0.25) is 0 Å². The van der Waals surface area contributed by atoms with E-state index in [9.17, 15) is 14.9 Å². The summed E-state index contributed by atoms with van der Waals surface area (Å²) in [4.78, 5) is 29.2. The number of benzene rings is 1. The van der Waals surface area contributed by atoms with Crippen molar-refractivity contribution in [3.8, 4) is 6.07 Å². The number of aryl methyl sites for hydroxylation is 2. The Balaban J connectivity index is 1.40. The van der Waals surface area contributed by atoms with Gasteiger partial charge in [0, 0.05) is 36.4 Å². The highest BCUT2D eigenvalue weighted by molar-refractivity contribution is 5.83. The summed E-state index contributed by atoms with van der Waals surface area (Å²) >= 11 is 0. The Morgan fingerprint density at radius 3 is 2.70 bits per heavy atom. The molecule has 1 atom stereocenters. The number of nitriles is 1. The van der Waals surface area contributed by atoms with Crippen molar-refractivity contribution in [2.24, 2.45) is 0 Å². The van der Waals surface area contributed by atoms with Crippen molar-refractivity contribution < 1.29 is 14.3 Å². The average Bonchev–Trinajstić information content (AvgIpc) is 3.44. The van der Waals surface area contributed by atoms with E-state index in [1.807, 2.05) is 28.0 Å². The van der Waals surface area contributed by atoms with Crippen LogP contribution in [0.15, 0.2) is 24.3 Å². The number of hydrogen-bond acceptors (Lipinski definition) is 5. The van der Waals surface area contributed by atoms with Crippen LogP contribution in [0.5, 0.6) is 0 Å². The number of amides is 1. The predicted molar refractivity (Wildman–Crippen MR) is 127 cm³/mol. The molecule has 1 aromatic heterocycles. The second-order valence-electron chi connectivity index (χ2n) is 9.13. The summed E-state index contributed by atoms with van der Waals surface area (Å²) in [5.74, 6) is -0.120. The lowest BCUT2D eigenvalue weighted by molar-refractivity contribution is -0.145. The molecule has 2 aromatic rings. The first-order valence-corrected chi connectivity index (χ1v) is 12.3. The molecular weight excluding hydrogens is 416 g/mol. The molecular formula is C26H34N4O3. The van der Waals surface area contributed by atoms with Gasteiger partial charge in [-0.25, -0.2) is 0 Å². The lowest BCUT2D eigenvalue weighted by Crippen LogP contribution is -2.45. The SMILES string of the molecule is CCOC(=O)CN(CC(=O)N1CCC[C@H]1CCc1cc2ccc(C#N)cc2n1CC)C1CC1. The van der Waals surface area contributed by atoms with E-state index < -0.39 is 0 Å². The zero-order valence-corrected chi connectivity index (χ0v) is 19.8. The van der Waals surface area contributed by atoms with Gasteiger partial charge < -0.3 is 14.2 Å². The summed E-state index contributed by atoms with van der Waals surface area (Å²) in [6, 6.07) is 10.9. The molecule has 2 aliphatic rings. The largest absolute Gasteiger partial charge is 0.465 e. The molecule has 7 heteroatoms. The molecule has 2 fully saturated rings. The molecule has 0 unspecified atom stereocenters. The van der Waals surface area contributed by atoms with Gasteiger partial charge in [0.05, 0.1) is 31.3 Å². The third-order valence-electron chi connectivity index (χ3n) is 6.91. The van der Waals surface area contributed by atoms with E-state index >= 15 is 0 Å². The van der Waals surface area contributed by atoms with Gasteiger partial charge in [-0.05, 0) is 76.0 Å². The summed E-state index contributed by atoms with van der Waals surface area (Å²) in [5.41, 5.74) is 3.03. The normalized spacial score (nSPS) is 18.1. The smallest absolute Gasteiger partial charge is 0.320 e. The third kappa shape index (κ3) is 5.39. The van der Waals surface area contributed by atoms with Gasteiger partial charge in [-0.15, -0.1) is 0 Å². The lowest BCUT2D eigenvalue weighted by atomic mass is 10.1. The third-order valence-corrected chi connectivity index (χ3v) is 6.91. The Morgan fingerprint density at radius 1 is 1.18 bits per heavy atom. The molecule has 1 aliphatic heterocycles. The van der Waals surface area contributed by atoms with Gasteiger partial charge in [-0.3, -0.25) is 14.5 Å². The molecule has 1 amide bonds. The zero-order valence-electron chi connectivity index (χ0n) is 19.8. The van der Waals surface area contributed by atoms with Gasteiger partial charge in [0.15, 0.2) is 0 Å². The van der Waals surface area contributed by atoms with Gasteiger partial charge in [0.2, 0.25) is 5.91 Å². The van der Waals surface area contributed by atoms with Crippen LogP contribution in [0, 0.1) is 11.3 Å². The maximum atomic E-state index is 13.2. The van der Waals surface area contributed by atoms with Crippen LogP contribution >= 0.6 is 0 Å². The first-order chi connectivity index (χ1) is 16.0. The van der Waals surface area contributed by atoms with Crippen molar-refractivity contribution in [2.75, 3.05) is 26.2 Å². The van der Waals surface area contributed by atoms with E-state index in [0.717, 1.165) is 62.5 Å². The van der Waals surface area contributed by atoms with E-state index in [2.05, 4.69) is 23.6 Å². The molecule has 0 N–H and O–H groups in total. The minimum Gasteiger partial charge on any atom is -0.465 e. The minimum atomic E-state index is -0.248. The van der Waals surface area contributed by atoms with E-state index in [1.54, 1.807) is 6.92 Å². The van der Waals surface area contributed by atoms with Crippen LogP contribution in [0.1, 0.15) is 57.2 Å². The number of ether oxygens (including phenoxy) is 1. The van der Waals surface area contributed by atoms with Crippen LogP contribution in [-0.4, -0.2) is 64.6 Å². The van der Waals surface area contributed by atoms with Crippen molar-refractivity contribution in [1.82, 2.24) is 14.4 Å². The van der Waals surface area contributed by atoms with Crippen molar-refractivity contribution >= 4 is 22.8 Å². The summed E-state index contributed by atoms with van der Waals surface area (Å²) in [6.07, 6.45) is 5.97. The molecule has 1 saturated heterocycles.